The molecule has 0 saturated carbocycles. The van der Waals surface area contributed by atoms with Crippen LogP contribution in [0.15, 0.2) is 29.2 Å². The molecule has 124 valence electrons. The molecule has 0 saturated heterocycles. The van der Waals surface area contributed by atoms with Crippen molar-refractivity contribution in [2.75, 3.05) is 7.05 Å². The lowest BCUT2D eigenvalue weighted by Crippen LogP contribution is -2.45. The van der Waals surface area contributed by atoms with Crippen LogP contribution in [0.1, 0.15) is 51.4 Å². The fourth-order valence-corrected chi connectivity index (χ4v) is 4.13. The fraction of sp³-hybridized carbons (Fsp3) is 0.562. The Bertz CT molecular complexity index is 626. The Morgan fingerprint density at radius 3 is 1.95 bits per heavy atom. The smallest absolute Gasteiger partial charge is 0.251 e. The molecule has 0 unspecified atom stereocenters. The van der Waals surface area contributed by atoms with Gasteiger partial charge in [0.25, 0.3) is 5.91 Å². The van der Waals surface area contributed by atoms with Crippen molar-refractivity contribution >= 4 is 15.9 Å². The summed E-state index contributed by atoms with van der Waals surface area (Å²) < 4.78 is 27.7. The van der Waals surface area contributed by atoms with Gasteiger partial charge in [0.1, 0.15) is 0 Å². The summed E-state index contributed by atoms with van der Waals surface area (Å²) in [6.07, 6.45) is 0.704. The van der Waals surface area contributed by atoms with Crippen LogP contribution in [0.25, 0.3) is 0 Å². The number of nitrogens with one attached hydrogen (secondary N) is 2. The standard InChI is InChI=1S/C16H26N2O3S/c1-15(2,3)11-16(4,5)18-22(20,21)13-9-7-12(8-10-13)14(19)17-6/h7-10,18H,11H2,1-6H3,(H,17,19). The Morgan fingerprint density at radius 1 is 1.05 bits per heavy atom. The van der Waals surface area contributed by atoms with Crippen LogP contribution in [0.4, 0.5) is 0 Å². The van der Waals surface area contributed by atoms with Gasteiger partial charge in [-0.05, 0) is 49.9 Å². The topological polar surface area (TPSA) is 75.3 Å². The molecule has 1 aromatic carbocycles. The third-order valence-electron chi connectivity index (χ3n) is 3.04. The lowest BCUT2D eigenvalue weighted by molar-refractivity contribution is 0.0963. The third-order valence-corrected chi connectivity index (χ3v) is 4.75. The molecule has 0 aromatic heterocycles. The summed E-state index contributed by atoms with van der Waals surface area (Å²) in [5.41, 5.74) is -0.124. The number of rotatable bonds is 5. The molecule has 0 radical (unpaired) electrons. The maximum atomic E-state index is 12.5. The largest absolute Gasteiger partial charge is 0.355 e. The van der Waals surface area contributed by atoms with E-state index in [2.05, 4.69) is 30.8 Å². The van der Waals surface area contributed by atoms with E-state index in [0.29, 0.717) is 12.0 Å². The molecule has 0 heterocycles. The highest BCUT2D eigenvalue weighted by atomic mass is 32.2. The van der Waals surface area contributed by atoms with Crippen molar-refractivity contribution in [2.45, 2.75) is 51.5 Å². The zero-order valence-corrected chi connectivity index (χ0v) is 15.0. The van der Waals surface area contributed by atoms with Gasteiger partial charge >= 0.3 is 0 Å². The van der Waals surface area contributed by atoms with E-state index < -0.39 is 15.6 Å². The number of amides is 1. The Balaban J connectivity index is 2.97. The van der Waals surface area contributed by atoms with E-state index in [1.54, 1.807) is 0 Å². The average Bonchev–Trinajstić information content (AvgIpc) is 2.33. The first-order valence-corrected chi connectivity index (χ1v) is 8.71. The molecule has 0 fully saturated rings. The van der Waals surface area contributed by atoms with E-state index in [0.717, 1.165) is 0 Å². The van der Waals surface area contributed by atoms with Gasteiger partial charge in [-0.3, -0.25) is 4.79 Å². The van der Waals surface area contributed by atoms with Crippen LogP contribution in [0.3, 0.4) is 0 Å². The Morgan fingerprint density at radius 2 is 1.55 bits per heavy atom. The highest BCUT2D eigenvalue weighted by Crippen LogP contribution is 2.28. The average molecular weight is 326 g/mol. The first-order chi connectivity index (χ1) is 9.86. The monoisotopic (exact) mass is 326 g/mol. The minimum atomic E-state index is -3.62. The van der Waals surface area contributed by atoms with Gasteiger partial charge in [-0.2, -0.15) is 0 Å². The second-order valence-electron chi connectivity index (χ2n) is 7.33. The van der Waals surface area contributed by atoms with Gasteiger partial charge < -0.3 is 5.32 Å². The van der Waals surface area contributed by atoms with E-state index in [1.165, 1.54) is 31.3 Å². The molecule has 1 amide bonds. The van der Waals surface area contributed by atoms with Crippen molar-refractivity contribution in [3.05, 3.63) is 29.8 Å². The summed E-state index contributed by atoms with van der Waals surface area (Å²) in [6.45, 7) is 9.95. The van der Waals surface area contributed by atoms with Crippen molar-refractivity contribution in [1.82, 2.24) is 10.0 Å². The third kappa shape index (κ3) is 5.42. The molecule has 6 heteroatoms. The lowest BCUT2D eigenvalue weighted by Gasteiger charge is -2.33. The van der Waals surface area contributed by atoms with Crippen LogP contribution < -0.4 is 10.0 Å². The molecule has 0 aliphatic carbocycles. The maximum absolute atomic E-state index is 12.5. The molecule has 1 aromatic rings. The van der Waals surface area contributed by atoms with Crippen molar-refractivity contribution in [3.63, 3.8) is 0 Å². The zero-order valence-electron chi connectivity index (χ0n) is 14.1. The molecule has 2 N–H and O–H groups in total. The van der Waals surface area contributed by atoms with E-state index in [4.69, 9.17) is 0 Å². The van der Waals surface area contributed by atoms with Crippen LogP contribution in [-0.2, 0) is 10.0 Å². The lowest BCUT2D eigenvalue weighted by atomic mass is 9.82. The summed E-state index contributed by atoms with van der Waals surface area (Å²) in [5.74, 6) is -0.245. The van der Waals surface area contributed by atoms with E-state index in [9.17, 15) is 13.2 Å². The summed E-state index contributed by atoms with van der Waals surface area (Å²) in [4.78, 5) is 11.6. The molecular weight excluding hydrogens is 300 g/mol. The summed E-state index contributed by atoms with van der Waals surface area (Å²) in [5, 5.41) is 2.50. The minimum absolute atomic E-state index is 0.00902. The number of hydrogen-bond donors (Lipinski definition) is 2. The fourth-order valence-electron chi connectivity index (χ4n) is 2.71. The highest BCUT2D eigenvalue weighted by molar-refractivity contribution is 7.89. The van der Waals surface area contributed by atoms with Crippen molar-refractivity contribution in [3.8, 4) is 0 Å². The van der Waals surface area contributed by atoms with Crippen LogP contribution in [-0.4, -0.2) is 26.9 Å². The van der Waals surface area contributed by atoms with Gasteiger partial charge in [-0.15, -0.1) is 0 Å². The van der Waals surface area contributed by atoms with Crippen LogP contribution in [0.2, 0.25) is 0 Å². The summed E-state index contributed by atoms with van der Waals surface area (Å²) in [6, 6.07) is 5.90. The molecule has 0 aliphatic heterocycles. The molecular formula is C16H26N2O3S. The summed E-state index contributed by atoms with van der Waals surface area (Å²) >= 11 is 0. The number of carbonyl (C=O) groups is 1. The van der Waals surface area contributed by atoms with Crippen LogP contribution in [0, 0.1) is 5.41 Å². The summed E-state index contributed by atoms with van der Waals surface area (Å²) in [7, 11) is -2.09. The predicted octanol–water partition coefficient (Wildman–Crippen LogP) is 2.54. The van der Waals surface area contributed by atoms with Crippen molar-refractivity contribution in [2.24, 2.45) is 5.41 Å². The predicted molar refractivity (Wildman–Crippen MR) is 88.3 cm³/mol. The van der Waals surface area contributed by atoms with Gasteiger partial charge in [0.05, 0.1) is 4.90 Å². The molecule has 0 spiro atoms. The molecule has 22 heavy (non-hydrogen) atoms. The quantitative estimate of drug-likeness (QED) is 0.873. The molecule has 1 rings (SSSR count). The Labute approximate surface area is 133 Å². The number of benzene rings is 1. The van der Waals surface area contributed by atoms with Crippen molar-refractivity contribution < 1.29 is 13.2 Å². The number of carbonyl (C=O) groups excluding carboxylic acids is 1. The second-order valence-corrected chi connectivity index (χ2v) is 9.01. The van der Waals surface area contributed by atoms with Gasteiger partial charge in [0.2, 0.25) is 10.0 Å². The van der Waals surface area contributed by atoms with Crippen LogP contribution >= 0.6 is 0 Å². The first kappa shape index (κ1) is 18.6. The Hall–Kier alpha value is -1.40. The van der Waals surface area contributed by atoms with E-state index >= 15 is 0 Å². The van der Waals surface area contributed by atoms with Gasteiger partial charge in [0, 0.05) is 18.2 Å². The van der Waals surface area contributed by atoms with Gasteiger partial charge in [-0.25, -0.2) is 13.1 Å². The van der Waals surface area contributed by atoms with Gasteiger partial charge in [0.15, 0.2) is 0 Å². The molecule has 5 nitrogen and oxygen atoms in total. The number of sulfonamides is 1. The second kappa shape index (κ2) is 6.38. The highest BCUT2D eigenvalue weighted by Gasteiger charge is 2.30. The normalized spacial score (nSPS) is 13.0. The SMILES string of the molecule is CNC(=O)c1ccc(S(=O)(=O)NC(C)(C)CC(C)(C)C)cc1. The molecule has 0 atom stereocenters. The maximum Gasteiger partial charge on any atom is 0.251 e. The van der Waals surface area contributed by atoms with Gasteiger partial charge in [-0.1, -0.05) is 20.8 Å². The van der Waals surface area contributed by atoms with Crippen LogP contribution in [0.5, 0.6) is 0 Å². The van der Waals surface area contributed by atoms with E-state index in [-0.39, 0.29) is 16.2 Å². The first-order valence-electron chi connectivity index (χ1n) is 7.22. The molecule has 0 bridgehead atoms. The number of hydrogen-bond acceptors (Lipinski definition) is 3. The minimum Gasteiger partial charge on any atom is -0.355 e. The zero-order chi connectivity index (χ0) is 17.2. The van der Waals surface area contributed by atoms with E-state index in [1.807, 2.05) is 13.8 Å². The van der Waals surface area contributed by atoms with Crippen molar-refractivity contribution in [1.29, 1.82) is 0 Å². The Kier molecular flexibility index (Phi) is 5.41. The molecule has 0 aliphatic rings.